The number of benzene rings is 2. The number of para-hydroxylation sites is 1. The monoisotopic (exact) mass is 298 g/mol. The molecule has 2 nitrogen and oxygen atoms in total. The van der Waals surface area contributed by atoms with Crippen LogP contribution in [-0.2, 0) is 0 Å². The Morgan fingerprint density at radius 2 is 1.50 bits per heavy atom. The molecule has 5 heteroatoms. The van der Waals surface area contributed by atoms with Crippen molar-refractivity contribution in [2.75, 3.05) is 5.43 Å². The molecule has 0 aromatic heterocycles. The van der Waals surface area contributed by atoms with Crippen molar-refractivity contribution in [3.05, 3.63) is 64.1 Å². The van der Waals surface area contributed by atoms with Crippen LogP contribution < -0.4 is 5.43 Å². The first-order valence-corrected chi connectivity index (χ1v) is 6.30. The first kappa shape index (κ1) is 13.2. The number of hydrogen-bond acceptors (Lipinski definition) is 2. The third-order valence-corrected chi connectivity index (χ3v) is 3.13. The minimum atomic E-state index is 0.217. The summed E-state index contributed by atoms with van der Waals surface area (Å²) in [5.41, 5.74) is 4.19. The molecule has 2 aromatic carbocycles. The lowest BCUT2D eigenvalue weighted by atomic mass is 10.2. The Balaban J connectivity index is 2.24. The van der Waals surface area contributed by atoms with Gasteiger partial charge in [0.15, 0.2) is 5.17 Å². The Morgan fingerprint density at radius 3 is 2.11 bits per heavy atom. The minimum absolute atomic E-state index is 0.217. The summed E-state index contributed by atoms with van der Waals surface area (Å²) in [5, 5.41) is 5.19. The fraction of sp³-hybridized carbons (Fsp3) is 0. The van der Waals surface area contributed by atoms with Crippen LogP contribution in [0.2, 0.25) is 10.0 Å². The maximum atomic E-state index is 6.09. The number of hydrazone groups is 1. The molecule has 2 aromatic rings. The lowest BCUT2D eigenvalue weighted by Gasteiger charge is -2.05. The van der Waals surface area contributed by atoms with E-state index in [0.29, 0.717) is 15.6 Å². The summed E-state index contributed by atoms with van der Waals surface area (Å²) >= 11 is 18.1. The van der Waals surface area contributed by atoms with Gasteiger partial charge in [0.2, 0.25) is 0 Å². The van der Waals surface area contributed by atoms with Gasteiger partial charge in [-0.1, -0.05) is 59.1 Å². The Morgan fingerprint density at radius 1 is 0.889 bits per heavy atom. The first-order valence-electron chi connectivity index (χ1n) is 5.17. The molecule has 1 N–H and O–H groups in total. The van der Waals surface area contributed by atoms with E-state index in [-0.39, 0.29) is 5.17 Å². The van der Waals surface area contributed by atoms with Crippen LogP contribution >= 0.6 is 34.8 Å². The predicted molar refractivity (Wildman–Crippen MR) is 78.9 cm³/mol. The molecule has 0 amide bonds. The Labute approximate surface area is 120 Å². The topological polar surface area (TPSA) is 24.4 Å². The summed E-state index contributed by atoms with van der Waals surface area (Å²) < 4.78 is 0. The van der Waals surface area contributed by atoms with Crippen LogP contribution in [0.3, 0.4) is 0 Å². The fourth-order valence-electron chi connectivity index (χ4n) is 1.38. The molecule has 0 atom stereocenters. The highest BCUT2D eigenvalue weighted by molar-refractivity contribution is 6.71. The number of nitrogens with one attached hydrogen (secondary N) is 1. The van der Waals surface area contributed by atoms with Crippen molar-refractivity contribution in [1.82, 2.24) is 0 Å². The standard InChI is InChI=1S/C13H9Cl3N2/c14-10-7-4-8-11(15)12(10)13(16)18-17-9-5-2-1-3-6-9/h1-8,17H/b18-13-. The quantitative estimate of drug-likeness (QED) is 0.625. The molecule has 0 spiro atoms. The number of anilines is 1. The summed E-state index contributed by atoms with van der Waals surface area (Å²) in [6.07, 6.45) is 0. The molecular formula is C13H9Cl3N2. The molecule has 0 aliphatic rings. The second kappa shape index (κ2) is 6.10. The van der Waals surface area contributed by atoms with Crippen molar-refractivity contribution in [2.24, 2.45) is 5.10 Å². The van der Waals surface area contributed by atoms with Gasteiger partial charge >= 0.3 is 0 Å². The molecule has 0 heterocycles. The third kappa shape index (κ3) is 3.16. The number of nitrogens with zero attached hydrogens (tertiary/aromatic N) is 1. The van der Waals surface area contributed by atoms with E-state index in [2.05, 4.69) is 10.5 Å². The molecule has 0 radical (unpaired) electrons. The van der Waals surface area contributed by atoms with Gasteiger partial charge in [-0.3, -0.25) is 5.43 Å². The number of halogens is 3. The normalized spacial score (nSPS) is 11.4. The van der Waals surface area contributed by atoms with Gasteiger partial charge in [0.1, 0.15) is 0 Å². The van der Waals surface area contributed by atoms with Crippen molar-refractivity contribution in [3.63, 3.8) is 0 Å². The van der Waals surface area contributed by atoms with Gasteiger partial charge in [-0.2, -0.15) is 5.10 Å². The van der Waals surface area contributed by atoms with E-state index < -0.39 is 0 Å². The highest BCUT2D eigenvalue weighted by atomic mass is 35.5. The van der Waals surface area contributed by atoms with Gasteiger partial charge < -0.3 is 0 Å². The van der Waals surface area contributed by atoms with Gasteiger partial charge in [0.05, 0.1) is 21.3 Å². The average molecular weight is 300 g/mol. The van der Waals surface area contributed by atoms with E-state index in [0.717, 1.165) is 5.69 Å². The predicted octanol–water partition coefficient (Wildman–Crippen LogP) is 5.01. The molecule has 0 fully saturated rings. The molecule has 18 heavy (non-hydrogen) atoms. The molecular weight excluding hydrogens is 291 g/mol. The van der Waals surface area contributed by atoms with Crippen molar-refractivity contribution >= 4 is 45.7 Å². The lowest BCUT2D eigenvalue weighted by molar-refractivity contribution is 1.34. The zero-order chi connectivity index (χ0) is 13.0. The maximum absolute atomic E-state index is 6.09. The van der Waals surface area contributed by atoms with Crippen LogP contribution in [0.15, 0.2) is 53.6 Å². The average Bonchev–Trinajstić information content (AvgIpc) is 2.37. The van der Waals surface area contributed by atoms with Gasteiger partial charge in [-0.15, -0.1) is 0 Å². The summed E-state index contributed by atoms with van der Waals surface area (Å²) in [6.45, 7) is 0. The smallest absolute Gasteiger partial charge is 0.159 e. The van der Waals surface area contributed by atoms with E-state index in [1.807, 2.05) is 30.3 Å². The fourth-order valence-corrected chi connectivity index (χ4v) is 2.30. The highest BCUT2D eigenvalue weighted by Gasteiger charge is 2.10. The van der Waals surface area contributed by atoms with Crippen molar-refractivity contribution in [3.8, 4) is 0 Å². The molecule has 0 aliphatic carbocycles. The van der Waals surface area contributed by atoms with Gasteiger partial charge in [-0.05, 0) is 24.3 Å². The largest absolute Gasteiger partial charge is 0.277 e. The van der Waals surface area contributed by atoms with Gasteiger partial charge in [0, 0.05) is 0 Å². The number of rotatable bonds is 3. The third-order valence-electron chi connectivity index (χ3n) is 2.23. The van der Waals surface area contributed by atoms with Crippen LogP contribution in [-0.4, -0.2) is 5.17 Å². The van der Waals surface area contributed by atoms with Crippen molar-refractivity contribution in [2.45, 2.75) is 0 Å². The van der Waals surface area contributed by atoms with Crippen molar-refractivity contribution < 1.29 is 0 Å². The molecule has 0 unspecified atom stereocenters. The Kier molecular flexibility index (Phi) is 4.48. The van der Waals surface area contributed by atoms with E-state index >= 15 is 0 Å². The Hall–Kier alpha value is -1.22. The van der Waals surface area contributed by atoms with Crippen LogP contribution in [0.4, 0.5) is 5.69 Å². The maximum Gasteiger partial charge on any atom is 0.159 e. The van der Waals surface area contributed by atoms with E-state index in [9.17, 15) is 0 Å². The second-order valence-electron chi connectivity index (χ2n) is 3.48. The number of hydrogen-bond donors (Lipinski definition) is 1. The zero-order valence-corrected chi connectivity index (χ0v) is 11.5. The van der Waals surface area contributed by atoms with E-state index in [1.165, 1.54) is 0 Å². The molecule has 0 saturated carbocycles. The summed E-state index contributed by atoms with van der Waals surface area (Å²) in [4.78, 5) is 0. The molecule has 92 valence electrons. The minimum Gasteiger partial charge on any atom is -0.277 e. The summed E-state index contributed by atoms with van der Waals surface area (Å²) in [5.74, 6) is 0. The SMILES string of the molecule is Cl/C(=N\Nc1ccccc1)c1c(Cl)cccc1Cl. The zero-order valence-electron chi connectivity index (χ0n) is 9.20. The van der Waals surface area contributed by atoms with Gasteiger partial charge in [-0.25, -0.2) is 0 Å². The molecule has 0 bridgehead atoms. The summed E-state index contributed by atoms with van der Waals surface area (Å²) in [7, 11) is 0. The van der Waals surface area contributed by atoms with Crippen LogP contribution in [0.5, 0.6) is 0 Å². The van der Waals surface area contributed by atoms with E-state index in [1.54, 1.807) is 18.2 Å². The summed E-state index contributed by atoms with van der Waals surface area (Å²) in [6, 6.07) is 14.6. The molecule has 2 rings (SSSR count). The Bertz CT molecular complexity index is 547. The second-order valence-corrected chi connectivity index (χ2v) is 4.65. The van der Waals surface area contributed by atoms with Crippen LogP contribution in [0.25, 0.3) is 0 Å². The van der Waals surface area contributed by atoms with Crippen LogP contribution in [0.1, 0.15) is 5.56 Å². The van der Waals surface area contributed by atoms with Crippen LogP contribution in [0, 0.1) is 0 Å². The lowest BCUT2D eigenvalue weighted by Crippen LogP contribution is -1.99. The van der Waals surface area contributed by atoms with Gasteiger partial charge in [0.25, 0.3) is 0 Å². The molecule has 0 aliphatic heterocycles. The van der Waals surface area contributed by atoms with Crippen molar-refractivity contribution in [1.29, 1.82) is 0 Å². The highest BCUT2D eigenvalue weighted by Crippen LogP contribution is 2.26. The van der Waals surface area contributed by atoms with E-state index in [4.69, 9.17) is 34.8 Å². The first-order chi connectivity index (χ1) is 8.68. The molecule has 0 saturated heterocycles.